The molecule has 26 heavy (non-hydrogen) atoms. The average Bonchev–Trinajstić information content (AvgIpc) is 2.54. The molecule has 0 atom stereocenters. The molecule has 1 aliphatic carbocycles. The third-order valence-electron chi connectivity index (χ3n) is 4.84. The van der Waals surface area contributed by atoms with Crippen molar-refractivity contribution in [3.8, 4) is 0 Å². The number of nitrogens with zero attached hydrogens (tertiary/aromatic N) is 1. The number of sulfone groups is 1. The first-order valence-electron chi connectivity index (χ1n) is 8.75. The fourth-order valence-electron chi connectivity index (χ4n) is 3.25. The highest BCUT2D eigenvalue weighted by Gasteiger charge is 2.35. The second-order valence-electron chi connectivity index (χ2n) is 6.70. The zero-order valence-corrected chi connectivity index (χ0v) is 16.2. The molecular weight excluding hydrogens is 356 g/mol. The van der Waals surface area contributed by atoms with Crippen LogP contribution in [-0.2, 0) is 21.1 Å². The lowest BCUT2D eigenvalue weighted by atomic mass is 9.85. The Bertz CT molecular complexity index is 785. The Kier molecular flexibility index (Phi) is 6.41. The van der Waals surface area contributed by atoms with Gasteiger partial charge < -0.3 is 10.4 Å². The number of carbonyl (C=O) groups excluding carboxylic acids is 1. The van der Waals surface area contributed by atoms with E-state index in [4.69, 9.17) is 5.11 Å². The van der Waals surface area contributed by atoms with Gasteiger partial charge in [-0.15, -0.1) is 0 Å². The van der Waals surface area contributed by atoms with Crippen molar-refractivity contribution in [3.63, 3.8) is 0 Å². The Balaban J connectivity index is 2.04. The molecule has 7 nitrogen and oxygen atoms in total. The van der Waals surface area contributed by atoms with E-state index in [1.165, 1.54) is 12.1 Å². The molecule has 1 aliphatic rings. The molecular formula is C18H26N2O5S. The summed E-state index contributed by atoms with van der Waals surface area (Å²) >= 11 is 0. The van der Waals surface area contributed by atoms with Gasteiger partial charge in [-0.1, -0.05) is 19.9 Å². The zero-order chi connectivity index (χ0) is 19.5. The summed E-state index contributed by atoms with van der Waals surface area (Å²) < 4.78 is 23.5. The third kappa shape index (κ3) is 4.82. The molecule has 1 fully saturated rings. The molecule has 144 valence electrons. The van der Waals surface area contributed by atoms with Crippen LogP contribution in [0.2, 0.25) is 0 Å². The first-order chi connectivity index (χ1) is 12.2. The molecule has 0 saturated heterocycles. The van der Waals surface area contributed by atoms with Crippen LogP contribution in [0.5, 0.6) is 0 Å². The molecule has 1 amide bonds. The highest BCUT2D eigenvalue weighted by Crippen LogP contribution is 2.26. The number of hydrogen-bond donors (Lipinski definition) is 2. The molecule has 0 heterocycles. The van der Waals surface area contributed by atoms with Crippen LogP contribution < -0.4 is 5.32 Å². The van der Waals surface area contributed by atoms with E-state index in [0.717, 1.165) is 11.8 Å². The van der Waals surface area contributed by atoms with Crippen LogP contribution >= 0.6 is 0 Å². The lowest BCUT2D eigenvalue weighted by Crippen LogP contribution is -2.54. The number of amides is 1. The van der Waals surface area contributed by atoms with Gasteiger partial charge in [0, 0.05) is 23.9 Å². The van der Waals surface area contributed by atoms with Gasteiger partial charge in [-0.3, -0.25) is 14.5 Å². The van der Waals surface area contributed by atoms with Crippen molar-refractivity contribution in [2.24, 2.45) is 0 Å². The van der Waals surface area contributed by atoms with Crippen molar-refractivity contribution in [1.82, 2.24) is 10.2 Å². The van der Waals surface area contributed by atoms with Crippen LogP contribution in [0.1, 0.15) is 42.6 Å². The normalized spacial score (nSPS) is 19.8. The lowest BCUT2D eigenvalue weighted by Gasteiger charge is -2.42. The third-order valence-corrected chi connectivity index (χ3v) is 5.95. The van der Waals surface area contributed by atoms with E-state index >= 15 is 0 Å². The summed E-state index contributed by atoms with van der Waals surface area (Å²) in [6, 6.07) is 4.76. The maximum absolute atomic E-state index is 12.6. The number of carbonyl (C=O) groups is 2. The van der Waals surface area contributed by atoms with E-state index in [0.29, 0.717) is 31.4 Å². The number of aliphatic carboxylic acids is 1. The number of likely N-dealkylation sites (N-methyl/N-ethyl adjacent to an activating group) is 1. The number of carboxylic acid groups (broad SMARTS) is 1. The van der Waals surface area contributed by atoms with E-state index < -0.39 is 15.8 Å². The second-order valence-corrected chi connectivity index (χ2v) is 8.71. The van der Waals surface area contributed by atoms with Crippen molar-refractivity contribution in [3.05, 3.63) is 29.3 Å². The van der Waals surface area contributed by atoms with Gasteiger partial charge in [-0.05, 0) is 43.5 Å². The smallest absolute Gasteiger partial charge is 0.317 e. The van der Waals surface area contributed by atoms with Gasteiger partial charge in [-0.2, -0.15) is 0 Å². The van der Waals surface area contributed by atoms with Gasteiger partial charge in [0.1, 0.15) is 0 Å². The fraction of sp³-hybridized carbons (Fsp3) is 0.556. The quantitative estimate of drug-likeness (QED) is 0.703. The van der Waals surface area contributed by atoms with Crippen LogP contribution in [0, 0.1) is 0 Å². The van der Waals surface area contributed by atoms with E-state index in [9.17, 15) is 18.0 Å². The predicted octanol–water partition coefficient (Wildman–Crippen LogP) is 1.32. The Morgan fingerprint density at radius 3 is 2.42 bits per heavy atom. The summed E-state index contributed by atoms with van der Waals surface area (Å²) in [5.74, 6) is -1.14. The Morgan fingerprint density at radius 2 is 1.92 bits per heavy atom. The van der Waals surface area contributed by atoms with E-state index in [1.54, 1.807) is 6.07 Å². The molecule has 1 aromatic rings. The van der Waals surface area contributed by atoms with Gasteiger partial charge in [0.05, 0.1) is 11.4 Å². The Hall–Kier alpha value is -1.93. The molecule has 0 aliphatic heterocycles. The number of nitrogens with one attached hydrogen (secondary N) is 1. The first-order valence-corrected chi connectivity index (χ1v) is 10.6. The summed E-state index contributed by atoms with van der Waals surface area (Å²) in [6.07, 6.45) is 3.14. The zero-order valence-electron chi connectivity index (χ0n) is 15.4. The number of benzene rings is 1. The first kappa shape index (κ1) is 20.4. The molecule has 0 radical (unpaired) electrons. The van der Waals surface area contributed by atoms with Crippen molar-refractivity contribution < 1.29 is 23.1 Å². The molecule has 1 aromatic carbocycles. The summed E-state index contributed by atoms with van der Waals surface area (Å²) in [5.41, 5.74) is 1.18. The summed E-state index contributed by atoms with van der Waals surface area (Å²) in [4.78, 5) is 25.5. The summed E-state index contributed by atoms with van der Waals surface area (Å²) in [6.45, 7) is 4.47. The van der Waals surface area contributed by atoms with E-state index in [-0.39, 0.29) is 29.4 Å². The number of aryl methyl sites for hydroxylation is 1. The van der Waals surface area contributed by atoms with Gasteiger partial charge in [0.15, 0.2) is 9.84 Å². The molecule has 2 rings (SSSR count). The van der Waals surface area contributed by atoms with Crippen molar-refractivity contribution in [2.75, 3.05) is 19.3 Å². The van der Waals surface area contributed by atoms with Crippen LogP contribution in [0.25, 0.3) is 0 Å². The van der Waals surface area contributed by atoms with Crippen molar-refractivity contribution in [1.29, 1.82) is 0 Å². The van der Waals surface area contributed by atoms with Gasteiger partial charge >= 0.3 is 5.97 Å². The maximum Gasteiger partial charge on any atom is 0.317 e. The average molecular weight is 382 g/mol. The molecule has 0 spiro atoms. The van der Waals surface area contributed by atoms with Gasteiger partial charge in [-0.25, -0.2) is 8.42 Å². The predicted molar refractivity (Wildman–Crippen MR) is 98.1 cm³/mol. The number of rotatable bonds is 8. The summed E-state index contributed by atoms with van der Waals surface area (Å²) in [7, 11) is -3.38. The molecule has 0 aromatic heterocycles. The second kappa shape index (κ2) is 8.18. The molecule has 8 heteroatoms. The van der Waals surface area contributed by atoms with Crippen LogP contribution in [0.3, 0.4) is 0 Å². The van der Waals surface area contributed by atoms with Gasteiger partial charge in [0.25, 0.3) is 5.91 Å². The van der Waals surface area contributed by atoms with Crippen LogP contribution in [-0.4, -0.2) is 61.7 Å². The molecule has 0 bridgehead atoms. The standard InChI is InChI=1S/C18H26N2O5S/c1-4-12-6-7-15(26(3,24)25)10-16(12)18(23)19-13-8-14(9-13)20(5-2)11-17(21)22/h6-7,10,13-14H,4-5,8-9,11H2,1-3H3,(H,19,23)(H,21,22). The minimum atomic E-state index is -3.38. The lowest BCUT2D eigenvalue weighted by molar-refractivity contribution is -0.139. The SMILES string of the molecule is CCc1ccc(S(C)(=O)=O)cc1C(=O)NC1CC(N(CC)CC(=O)O)C1. The molecule has 1 saturated carbocycles. The highest BCUT2D eigenvalue weighted by atomic mass is 32.2. The monoisotopic (exact) mass is 382 g/mol. The summed E-state index contributed by atoms with van der Waals surface area (Å²) in [5, 5.41) is 11.9. The maximum atomic E-state index is 12.6. The number of hydrogen-bond acceptors (Lipinski definition) is 5. The van der Waals surface area contributed by atoms with E-state index in [1.807, 2.05) is 18.7 Å². The largest absolute Gasteiger partial charge is 0.480 e. The Morgan fingerprint density at radius 1 is 1.27 bits per heavy atom. The van der Waals surface area contributed by atoms with E-state index in [2.05, 4.69) is 5.32 Å². The molecule has 0 unspecified atom stereocenters. The number of carboxylic acids is 1. The van der Waals surface area contributed by atoms with Crippen molar-refractivity contribution in [2.45, 2.75) is 50.1 Å². The van der Waals surface area contributed by atoms with Crippen LogP contribution in [0.4, 0.5) is 0 Å². The Labute approximate surface area is 154 Å². The topological polar surface area (TPSA) is 104 Å². The highest BCUT2D eigenvalue weighted by molar-refractivity contribution is 7.90. The van der Waals surface area contributed by atoms with Crippen LogP contribution in [0.15, 0.2) is 23.1 Å². The fourth-order valence-corrected chi connectivity index (χ4v) is 3.89. The minimum absolute atomic E-state index is 0.00177. The molecule has 2 N–H and O–H groups in total. The minimum Gasteiger partial charge on any atom is -0.480 e. The van der Waals surface area contributed by atoms with Gasteiger partial charge in [0.2, 0.25) is 0 Å². The van der Waals surface area contributed by atoms with Crippen molar-refractivity contribution >= 4 is 21.7 Å².